The number of methoxy groups -OCH3 is 2. The van der Waals surface area contributed by atoms with Crippen LogP contribution in [0.25, 0.3) is 0 Å². The molecule has 1 amide bonds. The van der Waals surface area contributed by atoms with Gasteiger partial charge in [0.25, 0.3) is 5.91 Å². The Morgan fingerprint density at radius 1 is 1.00 bits per heavy atom. The van der Waals surface area contributed by atoms with Crippen LogP contribution in [0.5, 0.6) is 17.2 Å². The second-order valence-electron chi connectivity index (χ2n) is 5.59. The Kier molecular flexibility index (Phi) is 5.28. The Balaban J connectivity index is 2.11. The molecule has 0 aliphatic rings. The smallest absolute Gasteiger partial charge is 0.267 e. The minimum atomic E-state index is -1.15. The molecule has 24 heavy (non-hydrogen) atoms. The monoisotopic (exact) mass is 333 g/mol. The van der Waals surface area contributed by atoms with E-state index in [4.69, 9.17) is 14.2 Å². The van der Waals surface area contributed by atoms with Crippen LogP contribution < -0.4 is 19.5 Å². The van der Waals surface area contributed by atoms with Crippen molar-refractivity contribution >= 4 is 11.6 Å². The summed E-state index contributed by atoms with van der Waals surface area (Å²) in [5.41, 5.74) is -0.598. The van der Waals surface area contributed by atoms with Crippen molar-refractivity contribution in [2.75, 3.05) is 19.5 Å². The van der Waals surface area contributed by atoms with Crippen LogP contribution in [0.15, 0.2) is 42.5 Å². The summed E-state index contributed by atoms with van der Waals surface area (Å²) in [6, 6.07) is 10.6. The van der Waals surface area contributed by atoms with Crippen LogP contribution in [0.1, 0.15) is 13.8 Å². The molecule has 0 aliphatic heterocycles. The molecule has 0 saturated heterocycles. The molecule has 2 aromatic carbocycles. The summed E-state index contributed by atoms with van der Waals surface area (Å²) in [5, 5.41) is 2.77. The average Bonchev–Trinajstić information content (AvgIpc) is 2.56. The van der Waals surface area contributed by atoms with Crippen molar-refractivity contribution in [3.8, 4) is 17.2 Å². The molecular formula is C18H20FNO4. The molecule has 0 aliphatic carbocycles. The van der Waals surface area contributed by atoms with Crippen molar-refractivity contribution in [2.24, 2.45) is 0 Å². The highest BCUT2D eigenvalue weighted by Gasteiger charge is 2.30. The Morgan fingerprint density at radius 2 is 1.62 bits per heavy atom. The minimum absolute atomic E-state index is 0.348. The van der Waals surface area contributed by atoms with E-state index in [1.165, 1.54) is 38.5 Å². The quantitative estimate of drug-likeness (QED) is 0.877. The topological polar surface area (TPSA) is 56.8 Å². The number of amides is 1. The molecular weight excluding hydrogens is 313 g/mol. The number of carbonyl (C=O) groups is 1. The second-order valence-corrected chi connectivity index (χ2v) is 5.59. The molecule has 0 saturated carbocycles. The highest BCUT2D eigenvalue weighted by molar-refractivity contribution is 5.97. The first-order valence-corrected chi connectivity index (χ1v) is 7.34. The third-order valence-electron chi connectivity index (χ3n) is 3.37. The van der Waals surface area contributed by atoms with E-state index in [-0.39, 0.29) is 11.7 Å². The maximum Gasteiger partial charge on any atom is 0.267 e. The summed E-state index contributed by atoms with van der Waals surface area (Å²) >= 11 is 0. The zero-order valence-electron chi connectivity index (χ0n) is 14.1. The van der Waals surface area contributed by atoms with Crippen molar-refractivity contribution in [1.29, 1.82) is 0 Å². The third kappa shape index (κ3) is 4.16. The molecule has 0 spiro atoms. The predicted octanol–water partition coefficient (Wildman–Crippen LogP) is 3.64. The zero-order chi connectivity index (χ0) is 17.7. The maximum absolute atomic E-state index is 12.9. The van der Waals surface area contributed by atoms with Gasteiger partial charge in [0, 0.05) is 11.8 Å². The molecule has 0 heterocycles. The number of carbonyl (C=O) groups excluding carboxylic acids is 1. The Labute approximate surface area is 140 Å². The van der Waals surface area contributed by atoms with Gasteiger partial charge in [0.15, 0.2) is 17.1 Å². The zero-order valence-corrected chi connectivity index (χ0v) is 14.1. The van der Waals surface area contributed by atoms with Crippen molar-refractivity contribution in [2.45, 2.75) is 19.4 Å². The summed E-state index contributed by atoms with van der Waals surface area (Å²) in [6.45, 7) is 3.26. The van der Waals surface area contributed by atoms with Crippen LogP contribution in [0.3, 0.4) is 0 Å². The molecule has 0 unspecified atom stereocenters. The lowest BCUT2D eigenvalue weighted by Crippen LogP contribution is -2.42. The maximum atomic E-state index is 12.9. The summed E-state index contributed by atoms with van der Waals surface area (Å²) in [4.78, 5) is 12.5. The summed E-state index contributed by atoms with van der Waals surface area (Å²) in [7, 11) is 3.06. The fraction of sp³-hybridized carbons (Fsp3) is 0.278. The standard InChI is InChI=1S/C18H20FNO4/c1-18(2,24-14-8-5-12(19)6-9-14)17(21)20-13-7-10-15(22-3)16(11-13)23-4/h5-11H,1-4H3,(H,20,21). The van der Waals surface area contributed by atoms with Gasteiger partial charge >= 0.3 is 0 Å². The number of nitrogens with one attached hydrogen (secondary N) is 1. The fourth-order valence-corrected chi connectivity index (χ4v) is 2.04. The number of rotatable bonds is 6. The first kappa shape index (κ1) is 17.6. The van der Waals surface area contributed by atoms with Crippen LogP contribution in [-0.4, -0.2) is 25.7 Å². The van der Waals surface area contributed by atoms with Crippen molar-refractivity contribution in [1.82, 2.24) is 0 Å². The number of anilines is 1. The molecule has 0 aromatic heterocycles. The van der Waals surface area contributed by atoms with Crippen LogP contribution in [0, 0.1) is 5.82 Å². The second kappa shape index (κ2) is 7.21. The van der Waals surface area contributed by atoms with Gasteiger partial charge in [0.05, 0.1) is 14.2 Å². The lowest BCUT2D eigenvalue weighted by atomic mass is 10.1. The molecule has 0 atom stereocenters. The number of ether oxygens (including phenoxy) is 3. The fourth-order valence-electron chi connectivity index (χ4n) is 2.04. The highest BCUT2D eigenvalue weighted by atomic mass is 19.1. The van der Waals surface area contributed by atoms with E-state index in [1.54, 1.807) is 32.0 Å². The van der Waals surface area contributed by atoms with E-state index in [0.717, 1.165) is 0 Å². The van der Waals surface area contributed by atoms with E-state index in [0.29, 0.717) is 22.9 Å². The van der Waals surface area contributed by atoms with Crippen molar-refractivity contribution < 1.29 is 23.4 Å². The van der Waals surface area contributed by atoms with E-state index in [9.17, 15) is 9.18 Å². The summed E-state index contributed by atoms with van der Waals surface area (Å²) in [6.07, 6.45) is 0. The van der Waals surface area contributed by atoms with Crippen LogP contribution in [0.2, 0.25) is 0 Å². The van der Waals surface area contributed by atoms with Gasteiger partial charge in [0.2, 0.25) is 0 Å². The summed E-state index contributed by atoms with van der Waals surface area (Å²) in [5.74, 6) is 0.766. The molecule has 2 aromatic rings. The predicted molar refractivity (Wildman–Crippen MR) is 89.3 cm³/mol. The lowest BCUT2D eigenvalue weighted by molar-refractivity contribution is -0.128. The largest absolute Gasteiger partial charge is 0.493 e. The molecule has 128 valence electrons. The van der Waals surface area contributed by atoms with Crippen molar-refractivity contribution in [3.63, 3.8) is 0 Å². The van der Waals surface area contributed by atoms with Gasteiger partial charge in [-0.2, -0.15) is 0 Å². The molecule has 2 rings (SSSR count). The van der Waals surface area contributed by atoms with E-state index in [1.807, 2.05) is 0 Å². The van der Waals surface area contributed by atoms with Gasteiger partial charge in [-0.1, -0.05) is 0 Å². The minimum Gasteiger partial charge on any atom is -0.493 e. The molecule has 0 fully saturated rings. The number of hydrogen-bond donors (Lipinski definition) is 1. The molecule has 6 heteroatoms. The van der Waals surface area contributed by atoms with Crippen LogP contribution in [-0.2, 0) is 4.79 Å². The number of benzene rings is 2. The normalized spacial score (nSPS) is 10.9. The van der Waals surface area contributed by atoms with Crippen LogP contribution >= 0.6 is 0 Å². The number of halogens is 1. The van der Waals surface area contributed by atoms with Gasteiger partial charge in [-0.05, 0) is 50.2 Å². The SMILES string of the molecule is COc1ccc(NC(=O)C(C)(C)Oc2ccc(F)cc2)cc1OC. The number of hydrogen-bond acceptors (Lipinski definition) is 4. The van der Waals surface area contributed by atoms with Crippen LogP contribution in [0.4, 0.5) is 10.1 Å². The molecule has 5 nitrogen and oxygen atoms in total. The first-order valence-electron chi connectivity index (χ1n) is 7.34. The average molecular weight is 333 g/mol. The third-order valence-corrected chi connectivity index (χ3v) is 3.37. The Morgan fingerprint density at radius 3 is 2.21 bits per heavy atom. The van der Waals surface area contributed by atoms with Crippen molar-refractivity contribution in [3.05, 3.63) is 48.3 Å². The Bertz CT molecular complexity index is 713. The molecule has 0 radical (unpaired) electrons. The Hall–Kier alpha value is -2.76. The first-order chi connectivity index (χ1) is 11.4. The lowest BCUT2D eigenvalue weighted by Gasteiger charge is -2.25. The van der Waals surface area contributed by atoms with Gasteiger partial charge in [-0.3, -0.25) is 4.79 Å². The van der Waals surface area contributed by atoms with Gasteiger partial charge in [-0.15, -0.1) is 0 Å². The van der Waals surface area contributed by atoms with E-state index in [2.05, 4.69) is 5.32 Å². The van der Waals surface area contributed by atoms with Gasteiger partial charge < -0.3 is 19.5 Å². The van der Waals surface area contributed by atoms with Gasteiger partial charge in [-0.25, -0.2) is 4.39 Å². The molecule has 0 bridgehead atoms. The van der Waals surface area contributed by atoms with E-state index < -0.39 is 5.60 Å². The van der Waals surface area contributed by atoms with E-state index >= 15 is 0 Å². The van der Waals surface area contributed by atoms with Gasteiger partial charge in [0.1, 0.15) is 11.6 Å². The summed E-state index contributed by atoms with van der Waals surface area (Å²) < 4.78 is 29.0. The highest BCUT2D eigenvalue weighted by Crippen LogP contribution is 2.30. The molecule has 1 N–H and O–H groups in total.